The lowest BCUT2D eigenvalue weighted by molar-refractivity contribution is 0.262. The average molecular weight is 377 g/mol. The van der Waals surface area contributed by atoms with Crippen molar-refractivity contribution in [1.29, 1.82) is 0 Å². The summed E-state index contributed by atoms with van der Waals surface area (Å²) in [7, 11) is 0. The number of aromatic nitrogens is 1. The van der Waals surface area contributed by atoms with E-state index in [-0.39, 0.29) is 6.03 Å². The smallest absolute Gasteiger partial charge is 0.323 e. The monoisotopic (exact) mass is 377 g/mol. The first-order chi connectivity index (χ1) is 13.5. The van der Waals surface area contributed by atoms with E-state index in [4.69, 9.17) is 9.47 Å². The van der Waals surface area contributed by atoms with Crippen LogP contribution in [0.2, 0.25) is 0 Å². The number of carbonyl (C=O) groups excluding carboxylic acids is 1. The molecule has 0 radical (unpaired) electrons. The summed E-state index contributed by atoms with van der Waals surface area (Å²) in [6.45, 7) is 6.50. The van der Waals surface area contributed by atoms with Gasteiger partial charge in [0.2, 0.25) is 5.88 Å². The third kappa shape index (κ3) is 5.01. The molecule has 6 nitrogen and oxygen atoms in total. The molecule has 144 valence electrons. The number of anilines is 2. The first kappa shape index (κ1) is 19.2. The quantitative estimate of drug-likeness (QED) is 0.592. The molecule has 0 atom stereocenters. The van der Waals surface area contributed by atoms with Gasteiger partial charge < -0.3 is 20.1 Å². The molecule has 2 aromatic carbocycles. The maximum atomic E-state index is 12.1. The van der Waals surface area contributed by atoms with Gasteiger partial charge in [0.05, 0.1) is 18.5 Å². The van der Waals surface area contributed by atoms with Gasteiger partial charge in [-0.2, -0.15) is 0 Å². The summed E-state index contributed by atoms with van der Waals surface area (Å²) in [5.74, 6) is 2.02. The first-order valence-corrected chi connectivity index (χ1v) is 9.06. The Kier molecular flexibility index (Phi) is 6.11. The van der Waals surface area contributed by atoms with Crippen molar-refractivity contribution in [2.75, 3.05) is 17.2 Å². The largest absolute Gasteiger partial charge is 0.494 e. The number of urea groups is 1. The molecule has 0 saturated carbocycles. The number of para-hydroxylation sites is 1. The van der Waals surface area contributed by atoms with Crippen LogP contribution >= 0.6 is 0 Å². The van der Waals surface area contributed by atoms with Gasteiger partial charge >= 0.3 is 6.03 Å². The maximum absolute atomic E-state index is 12.1. The van der Waals surface area contributed by atoms with Gasteiger partial charge in [-0.05, 0) is 62.2 Å². The minimum atomic E-state index is -0.352. The summed E-state index contributed by atoms with van der Waals surface area (Å²) in [6, 6.07) is 16.3. The van der Waals surface area contributed by atoms with Gasteiger partial charge in [-0.3, -0.25) is 0 Å². The standard InChI is InChI=1S/C22H23N3O3/c1-4-27-19-11-8-17(9-12-19)24-22(26)25-18-10-13-20(23-14-18)28-21-15(2)6-5-7-16(21)3/h5-14H,4H2,1-3H3,(H2,24,25,26). The van der Waals surface area contributed by atoms with Crippen molar-refractivity contribution in [2.45, 2.75) is 20.8 Å². The number of ether oxygens (including phenoxy) is 2. The van der Waals surface area contributed by atoms with Crippen LogP contribution in [0.1, 0.15) is 18.1 Å². The van der Waals surface area contributed by atoms with E-state index in [1.807, 2.05) is 39.0 Å². The molecule has 3 aromatic rings. The van der Waals surface area contributed by atoms with E-state index >= 15 is 0 Å². The fraction of sp³-hybridized carbons (Fsp3) is 0.182. The molecule has 0 aliphatic heterocycles. The van der Waals surface area contributed by atoms with Gasteiger partial charge in [-0.1, -0.05) is 18.2 Å². The van der Waals surface area contributed by atoms with E-state index in [1.165, 1.54) is 0 Å². The van der Waals surface area contributed by atoms with Crippen molar-refractivity contribution in [3.05, 3.63) is 71.9 Å². The molecule has 1 heterocycles. The zero-order chi connectivity index (χ0) is 19.9. The molecule has 1 aromatic heterocycles. The molecule has 0 unspecified atom stereocenters. The molecule has 28 heavy (non-hydrogen) atoms. The molecule has 2 amide bonds. The van der Waals surface area contributed by atoms with Crippen LogP contribution in [0.15, 0.2) is 60.8 Å². The molecule has 2 N–H and O–H groups in total. The maximum Gasteiger partial charge on any atom is 0.323 e. The highest BCUT2D eigenvalue weighted by atomic mass is 16.5. The molecule has 0 aliphatic carbocycles. The SMILES string of the molecule is CCOc1ccc(NC(=O)Nc2ccc(Oc3c(C)cccc3C)nc2)cc1. The summed E-state index contributed by atoms with van der Waals surface area (Å²) in [6.07, 6.45) is 1.56. The molecular weight excluding hydrogens is 354 g/mol. The van der Waals surface area contributed by atoms with Crippen LogP contribution in [0.4, 0.5) is 16.2 Å². The number of aryl methyl sites for hydroxylation is 2. The second-order valence-corrected chi connectivity index (χ2v) is 6.24. The van der Waals surface area contributed by atoms with Crippen LogP contribution in [0.5, 0.6) is 17.4 Å². The van der Waals surface area contributed by atoms with Crippen molar-refractivity contribution < 1.29 is 14.3 Å². The molecule has 3 rings (SSSR count). The lowest BCUT2D eigenvalue weighted by Crippen LogP contribution is -2.19. The Balaban J connectivity index is 1.58. The molecule has 0 saturated heterocycles. The predicted molar refractivity (Wildman–Crippen MR) is 110 cm³/mol. The fourth-order valence-electron chi connectivity index (χ4n) is 2.67. The zero-order valence-electron chi connectivity index (χ0n) is 16.2. The van der Waals surface area contributed by atoms with Crippen LogP contribution in [0.3, 0.4) is 0 Å². The highest BCUT2D eigenvalue weighted by Gasteiger charge is 2.07. The third-order valence-electron chi connectivity index (χ3n) is 4.03. The van der Waals surface area contributed by atoms with Crippen molar-refractivity contribution >= 4 is 17.4 Å². The second-order valence-electron chi connectivity index (χ2n) is 6.24. The Bertz CT molecular complexity index is 918. The number of nitrogens with one attached hydrogen (secondary N) is 2. The van der Waals surface area contributed by atoms with Crippen molar-refractivity contribution in [2.24, 2.45) is 0 Å². The Morgan fingerprint density at radius 3 is 2.18 bits per heavy atom. The molecule has 6 heteroatoms. The number of rotatable bonds is 6. The number of pyridine rings is 1. The van der Waals surface area contributed by atoms with Crippen molar-refractivity contribution in [1.82, 2.24) is 4.98 Å². The molecule has 0 fully saturated rings. The zero-order valence-corrected chi connectivity index (χ0v) is 16.2. The Labute approximate surface area is 164 Å². The number of hydrogen-bond acceptors (Lipinski definition) is 4. The number of amides is 2. The van der Waals surface area contributed by atoms with Crippen LogP contribution < -0.4 is 20.1 Å². The van der Waals surface area contributed by atoms with E-state index < -0.39 is 0 Å². The van der Waals surface area contributed by atoms with E-state index in [0.717, 1.165) is 22.6 Å². The number of carbonyl (C=O) groups is 1. The topological polar surface area (TPSA) is 72.5 Å². The summed E-state index contributed by atoms with van der Waals surface area (Å²) in [5, 5.41) is 5.51. The first-order valence-electron chi connectivity index (χ1n) is 9.06. The lowest BCUT2D eigenvalue weighted by Gasteiger charge is -2.11. The van der Waals surface area contributed by atoms with E-state index in [2.05, 4.69) is 15.6 Å². The summed E-state index contributed by atoms with van der Waals surface area (Å²) in [5.41, 5.74) is 3.32. The predicted octanol–water partition coefficient (Wildman–Crippen LogP) is 5.53. The van der Waals surface area contributed by atoms with Crippen molar-refractivity contribution in [3.8, 4) is 17.4 Å². The van der Waals surface area contributed by atoms with E-state index in [9.17, 15) is 4.79 Å². The van der Waals surface area contributed by atoms with Crippen LogP contribution in [0, 0.1) is 13.8 Å². The fourth-order valence-corrected chi connectivity index (χ4v) is 2.67. The van der Waals surface area contributed by atoms with Gasteiger partial charge in [0.15, 0.2) is 0 Å². The molecular formula is C22H23N3O3. The number of nitrogens with zero attached hydrogens (tertiary/aromatic N) is 1. The summed E-state index contributed by atoms with van der Waals surface area (Å²) >= 11 is 0. The average Bonchev–Trinajstić information content (AvgIpc) is 2.68. The normalized spacial score (nSPS) is 10.2. The van der Waals surface area contributed by atoms with Gasteiger partial charge in [0.25, 0.3) is 0 Å². The number of hydrogen-bond donors (Lipinski definition) is 2. The third-order valence-corrected chi connectivity index (χ3v) is 4.03. The summed E-state index contributed by atoms with van der Waals surface area (Å²) < 4.78 is 11.3. The summed E-state index contributed by atoms with van der Waals surface area (Å²) in [4.78, 5) is 16.4. The Morgan fingerprint density at radius 2 is 1.57 bits per heavy atom. The van der Waals surface area contributed by atoms with Gasteiger partial charge in [-0.25, -0.2) is 9.78 Å². The molecule has 0 spiro atoms. The van der Waals surface area contributed by atoms with Crippen molar-refractivity contribution in [3.63, 3.8) is 0 Å². The highest BCUT2D eigenvalue weighted by Crippen LogP contribution is 2.27. The Morgan fingerprint density at radius 1 is 0.929 bits per heavy atom. The molecule has 0 bridgehead atoms. The van der Waals surface area contributed by atoms with Gasteiger partial charge in [0, 0.05) is 11.8 Å². The lowest BCUT2D eigenvalue weighted by atomic mass is 10.1. The highest BCUT2D eigenvalue weighted by molar-refractivity contribution is 5.99. The van der Waals surface area contributed by atoms with Crippen LogP contribution in [-0.2, 0) is 0 Å². The van der Waals surface area contributed by atoms with E-state index in [0.29, 0.717) is 23.9 Å². The number of benzene rings is 2. The van der Waals surface area contributed by atoms with Gasteiger partial charge in [0.1, 0.15) is 11.5 Å². The van der Waals surface area contributed by atoms with Crippen LogP contribution in [-0.4, -0.2) is 17.6 Å². The van der Waals surface area contributed by atoms with Crippen LogP contribution in [0.25, 0.3) is 0 Å². The van der Waals surface area contributed by atoms with Gasteiger partial charge in [-0.15, -0.1) is 0 Å². The van der Waals surface area contributed by atoms with E-state index in [1.54, 1.807) is 42.6 Å². The second kappa shape index (κ2) is 8.90. The molecule has 0 aliphatic rings. The minimum absolute atomic E-state index is 0.352. The minimum Gasteiger partial charge on any atom is -0.494 e. The Hall–Kier alpha value is -3.54.